The third kappa shape index (κ3) is 3.92. The van der Waals surface area contributed by atoms with E-state index >= 15 is 0 Å². The van der Waals surface area contributed by atoms with E-state index in [1.54, 1.807) is 0 Å². The van der Waals surface area contributed by atoms with Crippen molar-refractivity contribution in [1.82, 2.24) is 5.32 Å². The average molecular weight is 388 g/mol. The first-order valence-electron chi connectivity index (χ1n) is 7.64. The number of thioether (sulfide) groups is 2. The molecule has 2 heterocycles. The Hall–Kier alpha value is 0.160. The molecule has 5 heteroatoms. The predicted octanol–water partition coefficient (Wildman–Crippen LogP) is 3.75. The van der Waals surface area contributed by atoms with Crippen LogP contribution < -0.4 is 10.1 Å². The zero-order valence-electron chi connectivity index (χ0n) is 12.4. The highest BCUT2D eigenvalue weighted by molar-refractivity contribution is 9.10. The minimum absolute atomic E-state index is 0.537. The molecule has 1 saturated heterocycles. The van der Waals surface area contributed by atoms with E-state index in [1.807, 2.05) is 0 Å². The van der Waals surface area contributed by atoms with E-state index in [2.05, 4.69) is 63.8 Å². The van der Waals surface area contributed by atoms with Gasteiger partial charge in [-0.05, 0) is 36.2 Å². The van der Waals surface area contributed by atoms with Gasteiger partial charge >= 0.3 is 0 Å². The zero-order valence-corrected chi connectivity index (χ0v) is 15.6. The maximum atomic E-state index is 5.89. The highest BCUT2D eigenvalue weighted by Gasteiger charge is 2.27. The van der Waals surface area contributed by atoms with Crippen molar-refractivity contribution in [3.05, 3.63) is 27.7 Å². The molecule has 0 spiro atoms. The van der Waals surface area contributed by atoms with E-state index < -0.39 is 0 Å². The second-order valence-corrected chi connectivity index (χ2v) is 8.92. The summed E-state index contributed by atoms with van der Waals surface area (Å²) in [6.45, 7) is 4.07. The minimum Gasteiger partial charge on any atom is -0.493 e. The Morgan fingerprint density at radius 2 is 2.33 bits per heavy atom. The lowest BCUT2D eigenvalue weighted by Crippen LogP contribution is -2.42. The molecule has 0 aliphatic carbocycles. The molecule has 116 valence electrons. The molecule has 2 nitrogen and oxygen atoms in total. The molecule has 21 heavy (non-hydrogen) atoms. The molecule has 1 fully saturated rings. The number of fused-ring (bicyclic) bond motifs is 1. The Morgan fingerprint density at radius 3 is 3.10 bits per heavy atom. The second-order valence-electron chi connectivity index (χ2n) is 5.50. The molecule has 0 amide bonds. The smallest absolute Gasteiger partial charge is 0.125 e. The van der Waals surface area contributed by atoms with Gasteiger partial charge in [0.1, 0.15) is 5.75 Å². The quantitative estimate of drug-likeness (QED) is 0.829. The van der Waals surface area contributed by atoms with Crippen molar-refractivity contribution >= 4 is 39.5 Å². The number of likely N-dealkylation sites (N-methyl/N-ethyl adjacent to an activating group) is 1. The Bertz CT molecular complexity index is 491. The van der Waals surface area contributed by atoms with Crippen molar-refractivity contribution in [2.45, 2.75) is 31.1 Å². The summed E-state index contributed by atoms with van der Waals surface area (Å²) < 4.78 is 7.07. The molecule has 1 aromatic rings. The Balaban J connectivity index is 1.79. The maximum Gasteiger partial charge on any atom is 0.125 e. The molecule has 2 unspecified atom stereocenters. The van der Waals surface area contributed by atoms with Gasteiger partial charge in [0, 0.05) is 39.4 Å². The SMILES string of the molecule is CCNC(Cc1cc(Br)cc2c1OCC2)C1CSCCS1. The fourth-order valence-corrected chi connectivity index (χ4v) is 6.51. The van der Waals surface area contributed by atoms with Gasteiger partial charge in [-0.1, -0.05) is 22.9 Å². The molecule has 2 aliphatic heterocycles. The lowest BCUT2D eigenvalue weighted by Gasteiger charge is -2.30. The van der Waals surface area contributed by atoms with Crippen LogP contribution in [0.15, 0.2) is 16.6 Å². The van der Waals surface area contributed by atoms with Gasteiger partial charge in [0.05, 0.1) is 6.61 Å². The molecule has 0 saturated carbocycles. The molecule has 1 aromatic carbocycles. The maximum absolute atomic E-state index is 5.89. The topological polar surface area (TPSA) is 21.3 Å². The van der Waals surface area contributed by atoms with Gasteiger partial charge in [-0.3, -0.25) is 0 Å². The van der Waals surface area contributed by atoms with Crippen molar-refractivity contribution in [3.8, 4) is 5.75 Å². The van der Waals surface area contributed by atoms with Crippen LogP contribution in [-0.2, 0) is 12.8 Å². The third-order valence-electron chi connectivity index (χ3n) is 4.02. The van der Waals surface area contributed by atoms with Crippen LogP contribution in [0.4, 0.5) is 0 Å². The standard InChI is InChI=1S/C16H22BrNOS2/c1-2-18-14(15-10-20-5-6-21-15)9-12-8-13(17)7-11-3-4-19-16(11)12/h7-8,14-15,18H,2-6,9-10H2,1H3. The predicted molar refractivity (Wildman–Crippen MR) is 98.1 cm³/mol. The van der Waals surface area contributed by atoms with E-state index in [0.717, 1.165) is 31.7 Å². The zero-order chi connectivity index (χ0) is 14.7. The molecular weight excluding hydrogens is 366 g/mol. The molecule has 2 aliphatic rings. The van der Waals surface area contributed by atoms with Crippen LogP contribution in [0.5, 0.6) is 5.75 Å². The molecule has 0 aromatic heterocycles. The van der Waals surface area contributed by atoms with Crippen molar-refractivity contribution in [1.29, 1.82) is 0 Å². The molecule has 3 rings (SSSR count). The van der Waals surface area contributed by atoms with E-state index in [1.165, 1.54) is 32.9 Å². The lowest BCUT2D eigenvalue weighted by molar-refractivity contribution is 0.351. The number of rotatable bonds is 5. The Morgan fingerprint density at radius 1 is 1.43 bits per heavy atom. The van der Waals surface area contributed by atoms with Crippen molar-refractivity contribution < 1.29 is 4.74 Å². The van der Waals surface area contributed by atoms with Crippen LogP contribution in [0.3, 0.4) is 0 Å². The monoisotopic (exact) mass is 387 g/mol. The summed E-state index contributed by atoms with van der Waals surface area (Å²) in [7, 11) is 0. The summed E-state index contributed by atoms with van der Waals surface area (Å²) >= 11 is 7.88. The summed E-state index contributed by atoms with van der Waals surface area (Å²) in [5.41, 5.74) is 2.72. The summed E-state index contributed by atoms with van der Waals surface area (Å²) in [5.74, 6) is 4.99. The van der Waals surface area contributed by atoms with Crippen LogP contribution in [0.2, 0.25) is 0 Å². The van der Waals surface area contributed by atoms with E-state index in [9.17, 15) is 0 Å². The molecule has 2 atom stereocenters. The average Bonchev–Trinajstić information content (AvgIpc) is 2.96. The van der Waals surface area contributed by atoms with Gasteiger partial charge in [0.2, 0.25) is 0 Å². The molecule has 0 radical (unpaired) electrons. The normalized spacial score (nSPS) is 22.7. The largest absolute Gasteiger partial charge is 0.493 e. The number of hydrogen-bond donors (Lipinski definition) is 1. The van der Waals surface area contributed by atoms with Crippen LogP contribution in [0.1, 0.15) is 18.1 Å². The van der Waals surface area contributed by atoms with Gasteiger partial charge in [-0.2, -0.15) is 23.5 Å². The highest BCUT2D eigenvalue weighted by Crippen LogP contribution is 2.35. The number of nitrogens with one attached hydrogen (secondary N) is 1. The molecule has 1 N–H and O–H groups in total. The second kappa shape index (κ2) is 7.62. The fraction of sp³-hybridized carbons (Fsp3) is 0.625. The van der Waals surface area contributed by atoms with Gasteiger partial charge < -0.3 is 10.1 Å². The fourth-order valence-electron chi connectivity index (χ4n) is 3.07. The number of hydrogen-bond acceptors (Lipinski definition) is 4. The van der Waals surface area contributed by atoms with E-state index in [4.69, 9.17) is 4.74 Å². The summed E-state index contributed by atoms with van der Waals surface area (Å²) in [5, 5.41) is 4.41. The van der Waals surface area contributed by atoms with Gasteiger partial charge in [-0.25, -0.2) is 0 Å². The van der Waals surface area contributed by atoms with Gasteiger partial charge in [-0.15, -0.1) is 0 Å². The number of ether oxygens (including phenoxy) is 1. The summed E-state index contributed by atoms with van der Waals surface area (Å²) in [6, 6.07) is 4.99. The minimum atomic E-state index is 0.537. The van der Waals surface area contributed by atoms with Gasteiger partial charge in [0.15, 0.2) is 0 Å². The van der Waals surface area contributed by atoms with Crippen molar-refractivity contribution in [2.75, 3.05) is 30.4 Å². The molecular formula is C16H22BrNOS2. The first-order valence-corrected chi connectivity index (χ1v) is 10.6. The van der Waals surface area contributed by atoms with Crippen LogP contribution in [-0.4, -0.2) is 41.7 Å². The van der Waals surface area contributed by atoms with Crippen molar-refractivity contribution in [2.24, 2.45) is 0 Å². The number of benzene rings is 1. The van der Waals surface area contributed by atoms with E-state index in [-0.39, 0.29) is 0 Å². The number of halogens is 1. The van der Waals surface area contributed by atoms with E-state index in [0.29, 0.717) is 11.3 Å². The van der Waals surface area contributed by atoms with Crippen LogP contribution in [0.25, 0.3) is 0 Å². The third-order valence-corrected chi connectivity index (χ3v) is 7.40. The van der Waals surface area contributed by atoms with Gasteiger partial charge in [0.25, 0.3) is 0 Å². The Labute approximate surface area is 144 Å². The first-order chi connectivity index (χ1) is 10.3. The first kappa shape index (κ1) is 16.0. The summed E-state index contributed by atoms with van der Waals surface area (Å²) in [6.07, 6.45) is 2.11. The van der Waals surface area contributed by atoms with Crippen LogP contribution in [0, 0.1) is 0 Å². The van der Waals surface area contributed by atoms with Crippen molar-refractivity contribution in [3.63, 3.8) is 0 Å². The Kier molecular flexibility index (Phi) is 5.82. The van der Waals surface area contributed by atoms with Crippen LogP contribution >= 0.6 is 39.5 Å². The molecule has 0 bridgehead atoms. The lowest BCUT2D eigenvalue weighted by atomic mass is 10.00. The highest BCUT2D eigenvalue weighted by atomic mass is 79.9. The summed E-state index contributed by atoms with van der Waals surface area (Å²) in [4.78, 5) is 0.